The molecule has 1 aliphatic heterocycles. The van der Waals surface area contributed by atoms with E-state index in [2.05, 4.69) is 58.1 Å². The highest BCUT2D eigenvalue weighted by molar-refractivity contribution is 5.88. The first-order valence-corrected chi connectivity index (χ1v) is 14.3. The predicted octanol–water partition coefficient (Wildman–Crippen LogP) is 5.23. The summed E-state index contributed by atoms with van der Waals surface area (Å²) >= 11 is 0. The summed E-state index contributed by atoms with van der Waals surface area (Å²) in [7, 11) is 0. The normalized spacial score (nSPS) is 22.8. The van der Waals surface area contributed by atoms with Crippen molar-refractivity contribution >= 4 is 16.8 Å². The monoisotopic (exact) mass is 522 g/mol. The Kier molecular flexibility index (Phi) is 7.66. The fraction of sp³-hybridized carbons (Fsp3) is 0.364. The van der Waals surface area contributed by atoms with Crippen molar-refractivity contribution in [1.29, 1.82) is 0 Å². The molecule has 2 heterocycles. The average molecular weight is 523 g/mol. The van der Waals surface area contributed by atoms with Crippen LogP contribution >= 0.6 is 0 Å². The average Bonchev–Trinajstić information content (AvgIpc) is 3.38. The van der Waals surface area contributed by atoms with Crippen LogP contribution in [0, 0.1) is 11.8 Å². The molecule has 6 heteroatoms. The van der Waals surface area contributed by atoms with Crippen LogP contribution in [-0.4, -0.2) is 30.0 Å². The molecule has 1 fully saturated rings. The summed E-state index contributed by atoms with van der Waals surface area (Å²) in [6.07, 6.45) is 5.35. The van der Waals surface area contributed by atoms with Crippen molar-refractivity contribution in [2.75, 3.05) is 13.1 Å². The second-order valence-corrected chi connectivity index (χ2v) is 11.1. The van der Waals surface area contributed by atoms with Crippen LogP contribution in [0.1, 0.15) is 54.1 Å². The lowest BCUT2D eigenvalue weighted by molar-refractivity contribution is -0.123. The van der Waals surface area contributed by atoms with Crippen LogP contribution in [0.3, 0.4) is 0 Å². The van der Waals surface area contributed by atoms with Gasteiger partial charge in [-0.1, -0.05) is 67.1 Å². The maximum atomic E-state index is 13.5. The Bertz CT molecular complexity index is 1420. The van der Waals surface area contributed by atoms with Gasteiger partial charge in [-0.15, -0.1) is 0 Å². The Morgan fingerprint density at radius 1 is 0.974 bits per heavy atom. The number of nitrogens with two attached hydrogens (primary N) is 1. The minimum atomic E-state index is -0.315. The largest absolute Gasteiger partial charge is 0.489 e. The molecule has 0 saturated heterocycles. The molecule has 4 aromatic rings. The number of carbonyl (C=O) groups excluding carboxylic acids is 1. The van der Waals surface area contributed by atoms with Gasteiger partial charge >= 0.3 is 0 Å². The number of amides is 1. The van der Waals surface area contributed by atoms with Crippen LogP contribution in [0.15, 0.2) is 78.9 Å². The summed E-state index contributed by atoms with van der Waals surface area (Å²) in [5, 5.41) is 8.15. The molecule has 4 unspecified atom stereocenters. The van der Waals surface area contributed by atoms with Crippen molar-refractivity contribution in [3.05, 3.63) is 101 Å². The third kappa shape index (κ3) is 5.72. The molecule has 4 atom stereocenters. The van der Waals surface area contributed by atoms with E-state index in [1.807, 2.05) is 36.4 Å². The number of aromatic nitrogens is 1. The van der Waals surface area contributed by atoms with E-state index in [4.69, 9.17) is 10.5 Å². The molecular formula is C33H38N4O2. The Balaban J connectivity index is 1.23. The molecule has 1 aliphatic carbocycles. The van der Waals surface area contributed by atoms with Gasteiger partial charge in [0.15, 0.2) is 0 Å². The van der Waals surface area contributed by atoms with Gasteiger partial charge in [0.05, 0.1) is 12.1 Å². The van der Waals surface area contributed by atoms with Gasteiger partial charge in [0, 0.05) is 23.1 Å². The summed E-state index contributed by atoms with van der Waals surface area (Å²) in [6.45, 7) is 1.98. The standard InChI is InChI=1S/C33H38N4O2/c34-19-23-10-6-11-24(16-23)20-35-33(38)30-18-28-27-14-4-5-15-29(27)36-32(28)31(37-30)25-12-7-13-26(17-25)39-21-22-8-2-1-3-9-22/h1-5,7-9,12-15,17,23-24,30-31,36-37H,6,10-11,16,18-21,34H2,(H,35,38). The number of H-pyrrole nitrogens is 1. The summed E-state index contributed by atoms with van der Waals surface area (Å²) in [5.74, 6) is 1.98. The lowest BCUT2D eigenvalue weighted by Gasteiger charge is -2.32. The van der Waals surface area contributed by atoms with Crippen molar-refractivity contribution in [2.24, 2.45) is 17.6 Å². The Morgan fingerprint density at radius 3 is 2.67 bits per heavy atom. The van der Waals surface area contributed by atoms with E-state index in [0.717, 1.165) is 47.6 Å². The van der Waals surface area contributed by atoms with Crippen LogP contribution in [0.2, 0.25) is 0 Å². The van der Waals surface area contributed by atoms with Crippen molar-refractivity contribution in [3.63, 3.8) is 0 Å². The van der Waals surface area contributed by atoms with Gasteiger partial charge in [0.1, 0.15) is 12.4 Å². The van der Waals surface area contributed by atoms with Crippen molar-refractivity contribution in [1.82, 2.24) is 15.6 Å². The molecule has 1 saturated carbocycles. The Hall–Kier alpha value is -3.61. The highest BCUT2D eigenvalue weighted by atomic mass is 16.5. The van der Waals surface area contributed by atoms with E-state index in [1.165, 1.54) is 30.2 Å². The molecule has 202 valence electrons. The van der Waals surface area contributed by atoms with E-state index in [1.54, 1.807) is 0 Å². The first kappa shape index (κ1) is 25.7. The fourth-order valence-electron chi connectivity index (χ4n) is 6.36. The topological polar surface area (TPSA) is 92.2 Å². The van der Waals surface area contributed by atoms with Crippen LogP contribution in [0.25, 0.3) is 10.9 Å². The number of carbonyl (C=O) groups is 1. The van der Waals surface area contributed by atoms with E-state index in [9.17, 15) is 4.79 Å². The number of fused-ring (bicyclic) bond motifs is 3. The van der Waals surface area contributed by atoms with Gasteiger partial charge in [0.2, 0.25) is 5.91 Å². The van der Waals surface area contributed by atoms with Crippen LogP contribution in [0.4, 0.5) is 0 Å². The first-order chi connectivity index (χ1) is 19.2. The van der Waals surface area contributed by atoms with Crippen LogP contribution in [0.5, 0.6) is 5.75 Å². The van der Waals surface area contributed by atoms with E-state index in [-0.39, 0.29) is 18.0 Å². The van der Waals surface area contributed by atoms with E-state index in [0.29, 0.717) is 24.9 Å². The third-order valence-corrected chi connectivity index (χ3v) is 8.46. The zero-order chi connectivity index (χ0) is 26.6. The minimum Gasteiger partial charge on any atom is -0.489 e. The number of para-hydroxylation sites is 1. The summed E-state index contributed by atoms with van der Waals surface area (Å²) in [6, 6.07) is 26.3. The number of hydrogen-bond acceptors (Lipinski definition) is 4. The van der Waals surface area contributed by atoms with Gasteiger partial charge in [-0.2, -0.15) is 0 Å². The van der Waals surface area contributed by atoms with Gasteiger partial charge in [-0.3, -0.25) is 10.1 Å². The maximum Gasteiger partial charge on any atom is 0.237 e. The third-order valence-electron chi connectivity index (χ3n) is 8.46. The highest BCUT2D eigenvalue weighted by Gasteiger charge is 2.34. The van der Waals surface area contributed by atoms with Crippen molar-refractivity contribution in [2.45, 2.75) is 50.8 Å². The van der Waals surface area contributed by atoms with E-state index >= 15 is 0 Å². The van der Waals surface area contributed by atoms with Gasteiger partial charge in [-0.05, 0) is 79.0 Å². The molecular weight excluding hydrogens is 484 g/mol. The molecule has 39 heavy (non-hydrogen) atoms. The summed E-state index contributed by atoms with van der Waals surface area (Å²) in [4.78, 5) is 17.2. The SMILES string of the molecule is NCC1CCCC(CNC(=O)C2Cc3c([nH]c4ccccc34)C(c3cccc(OCc4ccccc4)c3)N2)C1. The number of rotatable bonds is 8. The molecule has 0 spiro atoms. The Labute approximate surface area is 230 Å². The summed E-state index contributed by atoms with van der Waals surface area (Å²) in [5.41, 5.74) is 11.6. The lowest BCUT2D eigenvalue weighted by atomic mass is 9.81. The fourth-order valence-corrected chi connectivity index (χ4v) is 6.36. The van der Waals surface area contributed by atoms with Gasteiger partial charge in [0.25, 0.3) is 0 Å². The summed E-state index contributed by atoms with van der Waals surface area (Å²) < 4.78 is 6.14. The number of hydrogen-bond donors (Lipinski definition) is 4. The number of ether oxygens (including phenoxy) is 1. The predicted molar refractivity (Wildman–Crippen MR) is 155 cm³/mol. The van der Waals surface area contributed by atoms with E-state index < -0.39 is 0 Å². The van der Waals surface area contributed by atoms with Crippen LogP contribution in [-0.2, 0) is 17.8 Å². The molecule has 0 bridgehead atoms. The molecule has 6 nitrogen and oxygen atoms in total. The first-order valence-electron chi connectivity index (χ1n) is 14.3. The minimum absolute atomic E-state index is 0.0716. The maximum absolute atomic E-state index is 13.5. The zero-order valence-corrected chi connectivity index (χ0v) is 22.4. The molecule has 0 radical (unpaired) electrons. The zero-order valence-electron chi connectivity index (χ0n) is 22.4. The lowest BCUT2D eigenvalue weighted by Crippen LogP contribution is -2.50. The molecule has 1 amide bonds. The van der Waals surface area contributed by atoms with Crippen molar-refractivity contribution < 1.29 is 9.53 Å². The van der Waals surface area contributed by atoms with Gasteiger partial charge in [-0.25, -0.2) is 0 Å². The molecule has 1 aromatic heterocycles. The van der Waals surface area contributed by atoms with Gasteiger partial charge < -0.3 is 20.8 Å². The highest BCUT2D eigenvalue weighted by Crippen LogP contribution is 2.36. The molecule has 3 aromatic carbocycles. The molecule has 5 N–H and O–H groups in total. The second-order valence-electron chi connectivity index (χ2n) is 11.1. The Morgan fingerprint density at radius 2 is 1.79 bits per heavy atom. The second kappa shape index (κ2) is 11.6. The smallest absolute Gasteiger partial charge is 0.237 e. The number of benzene rings is 3. The van der Waals surface area contributed by atoms with Crippen molar-refractivity contribution in [3.8, 4) is 5.75 Å². The number of aromatic amines is 1. The molecule has 6 rings (SSSR count). The molecule has 2 aliphatic rings. The quantitative estimate of drug-likeness (QED) is 0.255. The number of nitrogens with one attached hydrogen (secondary N) is 3. The van der Waals surface area contributed by atoms with Crippen LogP contribution < -0.4 is 21.1 Å².